The fourth-order valence-corrected chi connectivity index (χ4v) is 10.9. The lowest BCUT2D eigenvalue weighted by Gasteiger charge is -2.57. The number of benzene rings is 6. The van der Waals surface area contributed by atoms with Crippen LogP contribution in [0.3, 0.4) is 0 Å². The molecule has 0 radical (unpaired) electrons. The van der Waals surface area contributed by atoms with Gasteiger partial charge in [0.05, 0.1) is 11.1 Å². The third-order valence-electron chi connectivity index (χ3n) is 12.9. The summed E-state index contributed by atoms with van der Waals surface area (Å²) in [6.45, 7) is 0. The molecule has 3 heterocycles. The molecule has 4 saturated carbocycles. The van der Waals surface area contributed by atoms with Gasteiger partial charge in [0.1, 0.15) is 22.3 Å². The number of fused-ring (bicyclic) bond motifs is 6. The Morgan fingerprint density at radius 1 is 0.407 bits per heavy atom. The Labute approximate surface area is 312 Å². The fraction of sp³-hybridized carbons (Fsp3) is 0.204. The highest BCUT2D eigenvalue weighted by Gasteiger charge is 2.51. The van der Waals surface area contributed by atoms with Crippen molar-refractivity contribution in [1.82, 2.24) is 15.0 Å². The molecule has 54 heavy (non-hydrogen) atoms. The first-order chi connectivity index (χ1) is 26.6. The van der Waals surface area contributed by atoms with Crippen molar-refractivity contribution in [2.24, 2.45) is 17.8 Å². The van der Waals surface area contributed by atoms with E-state index in [9.17, 15) is 0 Å². The van der Waals surface area contributed by atoms with Gasteiger partial charge in [0, 0.05) is 27.1 Å². The second kappa shape index (κ2) is 11.5. The molecule has 4 fully saturated rings. The van der Waals surface area contributed by atoms with Crippen molar-refractivity contribution in [3.05, 3.63) is 139 Å². The Bertz CT molecular complexity index is 2750. The molecule has 0 aliphatic heterocycles. The van der Waals surface area contributed by atoms with Gasteiger partial charge in [-0.2, -0.15) is 0 Å². The van der Waals surface area contributed by atoms with Gasteiger partial charge in [0.2, 0.25) is 0 Å². The van der Waals surface area contributed by atoms with E-state index in [2.05, 4.69) is 72.8 Å². The van der Waals surface area contributed by atoms with Gasteiger partial charge < -0.3 is 8.83 Å². The predicted octanol–water partition coefficient (Wildman–Crippen LogP) is 12.8. The number of para-hydroxylation sites is 4. The number of aromatic nitrogens is 3. The molecule has 260 valence electrons. The summed E-state index contributed by atoms with van der Waals surface area (Å²) in [6.07, 6.45) is 8.58. The van der Waals surface area contributed by atoms with E-state index in [4.69, 9.17) is 23.8 Å². The first-order valence-electron chi connectivity index (χ1n) is 19.4. The molecule has 4 aliphatic rings. The van der Waals surface area contributed by atoms with Crippen molar-refractivity contribution in [3.63, 3.8) is 0 Å². The lowest BCUT2D eigenvalue weighted by atomic mass is 9.48. The van der Waals surface area contributed by atoms with E-state index in [0.717, 1.165) is 78.3 Å². The topological polar surface area (TPSA) is 65.0 Å². The molecule has 13 rings (SSSR count). The third kappa shape index (κ3) is 4.67. The molecule has 0 amide bonds. The van der Waals surface area contributed by atoms with E-state index in [1.54, 1.807) is 5.56 Å². The zero-order valence-electron chi connectivity index (χ0n) is 29.8. The Balaban J connectivity index is 0.962. The molecular formula is C49H37N3O2. The lowest BCUT2D eigenvalue weighted by Crippen LogP contribution is -2.48. The minimum absolute atomic E-state index is 0.407. The Morgan fingerprint density at radius 3 is 1.35 bits per heavy atom. The summed E-state index contributed by atoms with van der Waals surface area (Å²) < 4.78 is 12.9. The predicted molar refractivity (Wildman–Crippen MR) is 216 cm³/mol. The van der Waals surface area contributed by atoms with Crippen LogP contribution in [0.4, 0.5) is 0 Å². The number of hydrogen-bond donors (Lipinski definition) is 0. The van der Waals surface area contributed by atoms with Crippen LogP contribution in [0.25, 0.3) is 89.2 Å². The second-order valence-corrected chi connectivity index (χ2v) is 16.2. The molecule has 0 N–H and O–H groups in total. The summed E-state index contributed by atoms with van der Waals surface area (Å²) >= 11 is 0. The van der Waals surface area contributed by atoms with E-state index in [0.29, 0.717) is 22.9 Å². The normalized spacial score (nSPS) is 21.9. The maximum atomic E-state index is 6.46. The van der Waals surface area contributed by atoms with Crippen LogP contribution in [0.15, 0.2) is 142 Å². The van der Waals surface area contributed by atoms with Crippen molar-refractivity contribution in [1.29, 1.82) is 0 Å². The number of rotatable bonds is 5. The molecule has 0 atom stereocenters. The molecule has 0 saturated heterocycles. The average Bonchev–Trinajstić information content (AvgIpc) is 3.79. The van der Waals surface area contributed by atoms with E-state index < -0.39 is 0 Å². The molecular weight excluding hydrogens is 663 g/mol. The minimum atomic E-state index is 0.407. The van der Waals surface area contributed by atoms with Gasteiger partial charge in [-0.05, 0) is 103 Å². The summed E-state index contributed by atoms with van der Waals surface area (Å²) in [4.78, 5) is 15.4. The van der Waals surface area contributed by atoms with Crippen molar-refractivity contribution in [3.8, 4) is 45.3 Å². The lowest BCUT2D eigenvalue weighted by molar-refractivity contribution is -0.00518. The van der Waals surface area contributed by atoms with Crippen LogP contribution >= 0.6 is 0 Å². The van der Waals surface area contributed by atoms with E-state index in [-0.39, 0.29) is 0 Å². The van der Waals surface area contributed by atoms with Crippen LogP contribution in [0.1, 0.15) is 44.1 Å². The molecule has 5 nitrogen and oxygen atoms in total. The highest BCUT2D eigenvalue weighted by atomic mass is 16.3. The standard InChI is InChI=1S/C49H37N3O2/c1-3-13-42-36(7-1)38-9-5-11-40(44(38)53-42)47-50-46(51-48(52-47)41-12-6-10-39-37-8-2-4-14-43(37)54-45(39)41)34-17-15-32(16-18-34)33-19-21-35(22-20-33)49-26-29-23-30(27-49)25-31(24-29)28-49/h1-22,29-31H,23-28H2. The Hall–Kier alpha value is -6.07. The smallest absolute Gasteiger partial charge is 0.167 e. The summed E-state index contributed by atoms with van der Waals surface area (Å²) in [5.74, 6) is 4.53. The molecule has 6 aromatic carbocycles. The SMILES string of the molecule is c1ccc2c(c1)oc1c(-c3nc(-c4ccc(-c5ccc(C67CC8CC(CC(C8)C6)C7)cc5)cc4)nc(-c4cccc5c4oc4ccccc45)n3)cccc12. The zero-order valence-corrected chi connectivity index (χ0v) is 29.8. The van der Waals surface area contributed by atoms with Gasteiger partial charge in [0.15, 0.2) is 17.5 Å². The van der Waals surface area contributed by atoms with E-state index in [1.807, 2.05) is 60.7 Å². The minimum Gasteiger partial charge on any atom is -0.455 e. The summed E-state index contributed by atoms with van der Waals surface area (Å²) in [7, 11) is 0. The average molecular weight is 700 g/mol. The van der Waals surface area contributed by atoms with E-state index in [1.165, 1.54) is 49.7 Å². The van der Waals surface area contributed by atoms with Crippen LogP contribution in [-0.2, 0) is 5.41 Å². The first kappa shape index (κ1) is 30.4. The van der Waals surface area contributed by atoms with Crippen molar-refractivity contribution in [2.45, 2.75) is 43.9 Å². The molecule has 0 spiro atoms. The molecule has 4 aliphatic carbocycles. The van der Waals surface area contributed by atoms with Gasteiger partial charge in [0.25, 0.3) is 0 Å². The number of hydrogen-bond acceptors (Lipinski definition) is 5. The van der Waals surface area contributed by atoms with Gasteiger partial charge in [-0.15, -0.1) is 0 Å². The second-order valence-electron chi connectivity index (χ2n) is 16.2. The van der Waals surface area contributed by atoms with Gasteiger partial charge >= 0.3 is 0 Å². The highest BCUT2D eigenvalue weighted by Crippen LogP contribution is 2.60. The first-order valence-corrected chi connectivity index (χ1v) is 19.4. The summed E-state index contributed by atoms with van der Waals surface area (Å²) in [5.41, 5.74) is 10.1. The van der Waals surface area contributed by atoms with Gasteiger partial charge in [-0.25, -0.2) is 15.0 Å². The van der Waals surface area contributed by atoms with Crippen LogP contribution in [-0.4, -0.2) is 15.0 Å². The van der Waals surface area contributed by atoms with Gasteiger partial charge in [-0.3, -0.25) is 0 Å². The maximum absolute atomic E-state index is 6.46. The van der Waals surface area contributed by atoms with E-state index >= 15 is 0 Å². The van der Waals surface area contributed by atoms with Crippen LogP contribution < -0.4 is 0 Å². The fourth-order valence-electron chi connectivity index (χ4n) is 10.9. The molecule has 5 heteroatoms. The monoisotopic (exact) mass is 699 g/mol. The molecule has 0 unspecified atom stereocenters. The Morgan fingerprint density at radius 2 is 0.833 bits per heavy atom. The zero-order chi connectivity index (χ0) is 35.4. The van der Waals surface area contributed by atoms with Crippen molar-refractivity contribution < 1.29 is 8.83 Å². The highest BCUT2D eigenvalue weighted by molar-refractivity contribution is 6.10. The molecule has 3 aromatic heterocycles. The summed E-state index contributed by atoms with van der Waals surface area (Å²) in [6, 6.07) is 46.8. The molecule has 9 aromatic rings. The van der Waals surface area contributed by atoms with Crippen molar-refractivity contribution in [2.75, 3.05) is 0 Å². The van der Waals surface area contributed by atoms with Crippen LogP contribution in [0.5, 0.6) is 0 Å². The number of nitrogens with zero attached hydrogens (tertiary/aromatic N) is 3. The quantitative estimate of drug-likeness (QED) is 0.179. The maximum Gasteiger partial charge on any atom is 0.167 e. The largest absolute Gasteiger partial charge is 0.455 e. The van der Waals surface area contributed by atoms with Crippen LogP contribution in [0.2, 0.25) is 0 Å². The Kier molecular flexibility index (Phi) is 6.45. The molecule has 4 bridgehead atoms. The number of furan rings is 2. The van der Waals surface area contributed by atoms with Crippen LogP contribution in [0, 0.1) is 17.8 Å². The van der Waals surface area contributed by atoms with Gasteiger partial charge in [-0.1, -0.05) is 109 Å². The van der Waals surface area contributed by atoms with Crippen molar-refractivity contribution >= 4 is 43.9 Å². The third-order valence-corrected chi connectivity index (χ3v) is 12.9. The summed E-state index contributed by atoms with van der Waals surface area (Å²) in [5, 5.41) is 4.20.